The molecule has 2 heterocycles. The summed E-state index contributed by atoms with van der Waals surface area (Å²) in [7, 11) is 0. The lowest BCUT2D eigenvalue weighted by Gasteiger charge is -1.97. The van der Waals surface area contributed by atoms with Crippen LogP contribution in [-0.2, 0) is 6.73 Å². The number of nitrogens with zero attached hydrogens (tertiary/aromatic N) is 3. The largest absolute Gasteiger partial charge is 0.423 e. The summed E-state index contributed by atoms with van der Waals surface area (Å²) < 4.78 is 5.60. The molecule has 0 aromatic carbocycles. The summed E-state index contributed by atoms with van der Waals surface area (Å²) in [6, 6.07) is 1.12. The molecule has 0 bridgehead atoms. The molecule has 2 rings (SSSR count). The quantitative estimate of drug-likeness (QED) is 0.575. The van der Waals surface area contributed by atoms with Crippen LogP contribution in [0.3, 0.4) is 0 Å². The summed E-state index contributed by atoms with van der Waals surface area (Å²) in [5.41, 5.74) is -0.00112. The van der Waals surface area contributed by atoms with Crippen LogP contribution in [0.1, 0.15) is 5.69 Å². The van der Waals surface area contributed by atoms with E-state index in [1.165, 1.54) is 6.92 Å². The van der Waals surface area contributed by atoms with E-state index < -0.39 is 17.4 Å². The van der Waals surface area contributed by atoms with Gasteiger partial charge in [-0.1, -0.05) is 0 Å². The third kappa shape index (κ3) is 1.36. The van der Waals surface area contributed by atoms with Crippen molar-refractivity contribution in [3.8, 4) is 0 Å². The SMILES string of the molecule is Cc1nc2c(cc1[N+](=O)[O-])oc(=O)n2CO. The smallest absolute Gasteiger partial charge is 0.406 e. The van der Waals surface area contributed by atoms with Gasteiger partial charge in [-0.05, 0) is 6.92 Å². The van der Waals surface area contributed by atoms with Gasteiger partial charge >= 0.3 is 5.76 Å². The van der Waals surface area contributed by atoms with Crippen molar-refractivity contribution in [3.05, 3.63) is 32.4 Å². The summed E-state index contributed by atoms with van der Waals surface area (Å²) in [6.45, 7) is 0.854. The van der Waals surface area contributed by atoms with Crippen molar-refractivity contribution in [1.29, 1.82) is 0 Å². The fraction of sp³-hybridized carbons (Fsp3) is 0.250. The van der Waals surface area contributed by atoms with Gasteiger partial charge in [-0.3, -0.25) is 10.1 Å². The van der Waals surface area contributed by atoms with E-state index in [0.717, 1.165) is 10.6 Å². The van der Waals surface area contributed by atoms with Gasteiger partial charge < -0.3 is 9.52 Å². The van der Waals surface area contributed by atoms with Gasteiger partial charge in [0.1, 0.15) is 12.4 Å². The third-order valence-corrected chi connectivity index (χ3v) is 2.14. The van der Waals surface area contributed by atoms with Crippen LogP contribution >= 0.6 is 0 Å². The standard InChI is InChI=1S/C8H7N3O5/c1-4-5(11(14)15)2-6-7(9-4)10(3-12)8(13)16-6/h2,12H,3H2,1H3. The minimum atomic E-state index is -0.801. The molecule has 0 atom stereocenters. The zero-order valence-electron chi connectivity index (χ0n) is 8.21. The van der Waals surface area contributed by atoms with Crippen molar-refractivity contribution in [3.63, 3.8) is 0 Å². The maximum absolute atomic E-state index is 11.2. The number of aromatic nitrogens is 2. The van der Waals surface area contributed by atoms with E-state index in [9.17, 15) is 14.9 Å². The van der Waals surface area contributed by atoms with Crippen molar-refractivity contribution in [2.75, 3.05) is 0 Å². The average Bonchev–Trinajstić information content (AvgIpc) is 2.51. The summed E-state index contributed by atoms with van der Waals surface area (Å²) in [4.78, 5) is 25.0. The molecule has 0 fully saturated rings. The molecular weight excluding hydrogens is 218 g/mol. The van der Waals surface area contributed by atoms with E-state index in [-0.39, 0.29) is 22.6 Å². The van der Waals surface area contributed by atoms with Crippen LogP contribution < -0.4 is 5.76 Å². The van der Waals surface area contributed by atoms with E-state index in [0.29, 0.717) is 0 Å². The first-order chi connectivity index (χ1) is 7.54. The minimum absolute atomic E-state index is 0.0173. The summed E-state index contributed by atoms with van der Waals surface area (Å²) in [5, 5.41) is 19.5. The molecule has 84 valence electrons. The van der Waals surface area contributed by atoms with Gasteiger partial charge in [0.15, 0.2) is 11.2 Å². The molecule has 16 heavy (non-hydrogen) atoms. The lowest BCUT2D eigenvalue weighted by atomic mass is 10.3. The maximum Gasteiger partial charge on any atom is 0.423 e. The van der Waals surface area contributed by atoms with E-state index in [2.05, 4.69) is 4.98 Å². The number of oxazole rings is 1. The van der Waals surface area contributed by atoms with Crippen LogP contribution in [-0.4, -0.2) is 19.6 Å². The summed E-state index contributed by atoms with van der Waals surface area (Å²) >= 11 is 0. The molecule has 2 aromatic heterocycles. The lowest BCUT2D eigenvalue weighted by Crippen LogP contribution is -2.14. The number of nitro groups is 1. The van der Waals surface area contributed by atoms with E-state index in [1.54, 1.807) is 0 Å². The average molecular weight is 225 g/mol. The molecule has 0 aliphatic rings. The molecular formula is C8H7N3O5. The number of aliphatic hydroxyl groups is 1. The fourth-order valence-corrected chi connectivity index (χ4v) is 1.38. The Hall–Kier alpha value is -2.22. The minimum Gasteiger partial charge on any atom is -0.406 e. The van der Waals surface area contributed by atoms with Crippen LogP contribution in [0, 0.1) is 17.0 Å². The second-order valence-electron chi connectivity index (χ2n) is 3.11. The number of aliphatic hydroxyl groups excluding tert-OH is 1. The number of hydrogen-bond acceptors (Lipinski definition) is 6. The second kappa shape index (κ2) is 3.42. The van der Waals surface area contributed by atoms with Gasteiger partial charge in [0.05, 0.1) is 11.0 Å². The zero-order valence-corrected chi connectivity index (χ0v) is 8.21. The van der Waals surface area contributed by atoms with Gasteiger partial charge in [-0.2, -0.15) is 0 Å². The fourth-order valence-electron chi connectivity index (χ4n) is 1.38. The monoisotopic (exact) mass is 225 g/mol. The van der Waals surface area contributed by atoms with Gasteiger partial charge in [-0.15, -0.1) is 0 Å². The van der Waals surface area contributed by atoms with Crippen molar-refractivity contribution >= 4 is 16.9 Å². The molecule has 0 aliphatic heterocycles. The van der Waals surface area contributed by atoms with Gasteiger partial charge in [-0.25, -0.2) is 14.3 Å². The van der Waals surface area contributed by atoms with Crippen molar-refractivity contribution in [1.82, 2.24) is 9.55 Å². The molecule has 2 aromatic rings. The number of aryl methyl sites for hydroxylation is 1. The molecule has 0 radical (unpaired) electrons. The highest BCUT2D eigenvalue weighted by Gasteiger charge is 2.18. The maximum atomic E-state index is 11.2. The molecule has 0 spiro atoms. The first kappa shape index (κ1) is 10.3. The Bertz CT molecular complexity index is 626. The van der Waals surface area contributed by atoms with E-state index >= 15 is 0 Å². The zero-order chi connectivity index (χ0) is 11.9. The highest BCUT2D eigenvalue weighted by atomic mass is 16.6. The van der Waals surface area contributed by atoms with Crippen LogP contribution in [0.25, 0.3) is 11.2 Å². The lowest BCUT2D eigenvalue weighted by molar-refractivity contribution is -0.385. The van der Waals surface area contributed by atoms with E-state index in [4.69, 9.17) is 9.52 Å². The normalized spacial score (nSPS) is 10.9. The first-order valence-electron chi connectivity index (χ1n) is 4.31. The van der Waals surface area contributed by atoms with Gasteiger partial charge in [0.25, 0.3) is 5.69 Å². The Morgan fingerprint density at radius 2 is 2.38 bits per heavy atom. The molecule has 1 N–H and O–H groups in total. The molecule has 0 aliphatic carbocycles. The third-order valence-electron chi connectivity index (χ3n) is 2.14. The predicted octanol–water partition coefficient (Wildman–Crippen LogP) is 0.156. The number of rotatable bonds is 2. The number of hydrogen-bond donors (Lipinski definition) is 1. The molecule has 8 nitrogen and oxygen atoms in total. The molecule has 0 saturated carbocycles. The molecule has 8 heteroatoms. The van der Waals surface area contributed by atoms with Crippen molar-refractivity contribution in [2.24, 2.45) is 0 Å². The number of pyridine rings is 1. The Balaban J connectivity index is 2.84. The van der Waals surface area contributed by atoms with Crippen molar-refractivity contribution < 1.29 is 14.4 Å². The van der Waals surface area contributed by atoms with Crippen LogP contribution in [0.5, 0.6) is 0 Å². The molecule has 0 saturated heterocycles. The Kier molecular flexibility index (Phi) is 2.20. The Morgan fingerprint density at radius 1 is 1.69 bits per heavy atom. The highest BCUT2D eigenvalue weighted by molar-refractivity contribution is 5.71. The van der Waals surface area contributed by atoms with Crippen LogP contribution in [0.4, 0.5) is 5.69 Å². The van der Waals surface area contributed by atoms with E-state index in [1.807, 2.05) is 0 Å². The summed E-state index contributed by atoms with van der Waals surface area (Å²) in [5.74, 6) is -0.801. The van der Waals surface area contributed by atoms with Gasteiger partial charge in [0.2, 0.25) is 0 Å². The Morgan fingerprint density at radius 3 is 2.94 bits per heavy atom. The molecule has 0 unspecified atom stereocenters. The first-order valence-corrected chi connectivity index (χ1v) is 4.31. The topological polar surface area (TPSA) is 111 Å². The number of fused-ring (bicyclic) bond motifs is 1. The predicted molar refractivity (Wildman–Crippen MR) is 51.9 cm³/mol. The highest BCUT2D eigenvalue weighted by Crippen LogP contribution is 2.21. The van der Waals surface area contributed by atoms with Crippen molar-refractivity contribution in [2.45, 2.75) is 13.7 Å². The van der Waals surface area contributed by atoms with Crippen LogP contribution in [0.2, 0.25) is 0 Å². The Labute approximate surface area is 87.9 Å². The summed E-state index contributed by atoms with van der Waals surface area (Å²) in [6.07, 6.45) is 0. The van der Waals surface area contributed by atoms with Gasteiger partial charge in [0, 0.05) is 0 Å². The van der Waals surface area contributed by atoms with Crippen LogP contribution in [0.15, 0.2) is 15.3 Å². The molecule has 0 amide bonds. The second-order valence-corrected chi connectivity index (χ2v) is 3.11.